The number of para-hydroxylation sites is 1. The van der Waals surface area contributed by atoms with E-state index in [2.05, 4.69) is 16.3 Å². The molecule has 4 heteroatoms. The standard InChI is InChI=1S/C19H28N2O2/c22-18(14-19(23)10-4-1-5-11-19)20-17-9-3-2-8-16(17)15-21-12-6-7-13-21/h2-3,8-9,23H,1,4-7,10-15H2,(H,20,22). The van der Waals surface area contributed by atoms with Crippen molar-refractivity contribution in [3.8, 4) is 0 Å². The van der Waals surface area contributed by atoms with Crippen LogP contribution in [0.4, 0.5) is 5.69 Å². The Kier molecular flexibility index (Phi) is 5.34. The minimum Gasteiger partial charge on any atom is -0.389 e. The van der Waals surface area contributed by atoms with Gasteiger partial charge < -0.3 is 10.4 Å². The van der Waals surface area contributed by atoms with Crippen molar-refractivity contribution in [2.24, 2.45) is 0 Å². The quantitative estimate of drug-likeness (QED) is 0.876. The van der Waals surface area contributed by atoms with E-state index in [4.69, 9.17) is 0 Å². The summed E-state index contributed by atoms with van der Waals surface area (Å²) in [7, 11) is 0. The van der Waals surface area contributed by atoms with Crippen LogP contribution in [0, 0.1) is 0 Å². The molecule has 1 aliphatic heterocycles. The van der Waals surface area contributed by atoms with Gasteiger partial charge in [-0.1, -0.05) is 37.5 Å². The zero-order chi connectivity index (χ0) is 16.1. The highest BCUT2D eigenvalue weighted by Gasteiger charge is 2.31. The molecule has 1 aromatic rings. The summed E-state index contributed by atoms with van der Waals surface area (Å²) in [5, 5.41) is 13.6. The van der Waals surface area contributed by atoms with E-state index in [0.29, 0.717) is 0 Å². The molecule has 1 heterocycles. The second-order valence-electron chi connectivity index (χ2n) is 7.15. The van der Waals surface area contributed by atoms with Crippen molar-refractivity contribution < 1.29 is 9.90 Å². The van der Waals surface area contributed by atoms with Gasteiger partial charge in [0.25, 0.3) is 0 Å². The van der Waals surface area contributed by atoms with E-state index in [1.54, 1.807) is 0 Å². The number of rotatable bonds is 5. The molecule has 1 amide bonds. The van der Waals surface area contributed by atoms with Crippen LogP contribution >= 0.6 is 0 Å². The number of carbonyl (C=O) groups excluding carboxylic acids is 1. The monoisotopic (exact) mass is 316 g/mol. The van der Waals surface area contributed by atoms with E-state index in [1.807, 2.05) is 18.2 Å². The van der Waals surface area contributed by atoms with Crippen molar-refractivity contribution in [1.82, 2.24) is 4.90 Å². The predicted molar refractivity (Wildman–Crippen MR) is 92.2 cm³/mol. The summed E-state index contributed by atoms with van der Waals surface area (Å²) in [6.07, 6.45) is 7.45. The second-order valence-corrected chi connectivity index (χ2v) is 7.15. The molecule has 0 radical (unpaired) electrons. The highest BCUT2D eigenvalue weighted by atomic mass is 16.3. The minimum absolute atomic E-state index is 0.0664. The third-order valence-electron chi connectivity index (χ3n) is 5.16. The first-order valence-electron chi connectivity index (χ1n) is 8.97. The summed E-state index contributed by atoms with van der Waals surface area (Å²) in [5.74, 6) is -0.0664. The van der Waals surface area contributed by atoms with Crippen LogP contribution in [-0.4, -0.2) is 34.6 Å². The van der Waals surface area contributed by atoms with Crippen molar-refractivity contribution in [2.75, 3.05) is 18.4 Å². The Morgan fingerprint density at radius 1 is 1.09 bits per heavy atom. The van der Waals surface area contributed by atoms with Gasteiger partial charge in [0, 0.05) is 12.2 Å². The summed E-state index contributed by atoms with van der Waals surface area (Å²) < 4.78 is 0. The topological polar surface area (TPSA) is 52.6 Å². The number of hydrogen-bond acceptors (Lipinski definition) is 3. The largest absolute Gasteiger partial charge is 0.389 e. The number of likely N-dealkylation sites (tertiary alicyclic amines) is 1. The Bertz CT molecular complexity index is 532. The second kappa shape index (κ2) is 7.45. The fraction of sp³-hybridized carbons (Fsp3) is 0.632. The van der Waals surface area contributed by atoms with Gasteiger partial charge in [-0.2, -0.15) is 0 Å². The molecule has 0 bridgehead atoms. The first-order chi connectivity index (χ1) is 11.1. The average molecular weight is 316 g/mol. The van der Waals surface area contributed by atoms with E-state index < -0.39 is 5.60 Å². The van der Waals surface area contributed by atoms with Crippen LogP contribution in [0.25, 0.3) is 0 Å². The van der Waals surface area contributed by atoms with Crippen LogP contribution in [0.15, 0.2) is 24.3 Å². The molecular formula is C19H28N2O2. The Hall–Kier alpha value is -1.39. The Labute approximate surface area is 138 Å². The van der Waals surface area contributed by atoms with Crippen LogP contribution in [0.5, 0.6) is 0 Å². The molecule has 1 saturated heterocycles. The molecule has 23 heavy (non-hydrogen) atoms. The van der Waals surface area contributed by atoms with Crippen LogP contribution in [0.3, 0.4) is 0 Å². The summed E-state index contributed by atoms with van der Waals surface area (Å²) in [6.45, 7) is 3.17. The van der Waals surface area contributed by atoms with Gasteiger partial charge in [0.15, 0.2) is 0 Å². The highest BCUT2D eigenvalue weighted by Crippen LogP contribution is 2.31. The van der Waals surface area contributed by atoms with E-state index in [-0.39, 0.29) is 12.3 Å². The predicted octanol–water partition coefficient (Wildman–Crippen LogP) is 3.31. The normalized spacial score (nSPS) is 21.3. The van der Waals surface area contributed by atoms with Crippen LogP contribution < -0.4 is 5.32 Å². The van der Waals surface area contributed by atoms with Crippen molar-refractivity contribution in [3.05, 3.63) is 29.8 Å². The number of amides is 1. The fourth-order valence-corrected chi connectivity index (χ4v) is 3.84. The number of nitrogens with one attached hydrogen (secondary N) is 1. The molecule has 0 aromatic heterocycles. The lowest BCUT2D eigenvalue weighted by Crippen LogP contribution is -2.36. The number of hydrogen-bond donors (Lipinski definition) is 2. The Morgan fingerprint density at radius 3 is 2.52 bits per heavy atom. The molecule has 2 fully saturated rings. The zero-order valence-electron chi connectivity index (χ0n) is 13.9. The zero-order valence-corrected chi connectivity index (χ0v) is 13.9. The summed E-state index contributed by atoms with van der Waals surface area (Å²) >= 11 is 0. The molecule has 0 atom stereocenters. The number of nitrogens with zero attached hydrogens (tertiary/aromatic N) is 1. The maximum atomic E-state index is 12.4. The van der Waals surface area contributed by atoms with Gasteiger partial charge in [-0.15, -0.1) is 0 Å². The average Bonchev–Trinajstić information content (AvgIpc) is 3.02. The van der Waals surface area contributed by atoms with Gasteiger partial charge in [-0.05, 0) is 50.4 Å². The lowest BCUT2D eigenvalue weighted by atomic mass is 9.82. The molecule has 2 aliphatic rings. The first-order valence-corrected chi connectivity index (χ1v) is 8.97. The highest BCUT2D eigenvalue weighted by molar-refractivity contribution is 5.92. The van der Waals surface area contributed by atoms with Gasteiger partial charge in [0.05, 0.1) is 12.0 Å². The van der Waals surface area contributed by atoms with Crippen molar-refractivity contribution >= 4 is 11.6 Å². The van der Waals surface area contributed by atoms with Gasteiger partial charge in [-0.25, -0.2) is 0 Å². The summed E-state index contributed by atoms with van der Waals surface area (Å²) in [4.78, 5) is 14.8. The lowest BCUT2D eigenvalue weighted by molar-refractivity contribution is -0.122. The summed E-state index contributed by atoms with van der Waals surface area (Å²) in [5.41, 5.74) is 1.26. The van der Waals surface area contributed by atoms with Gasteiger partial charge in [-0.3, -0.25) is 9.69 Å². The number of anilines is 1. The third kappa shape index (κ3) is 4.55. The Morgan fingerprint density at radius 2 is 1.78 bits per heavy atom. The van der Waals surface area contributed by atoms with Gasteiger partial charge in [0.2, 0.25) is 5.91 Å². The van der Waals surface area contributed by atoms with Crippen LogP contribution in [0.2, 0.25) is 0 Å². The maximum Gasteiger partial charge on any atom is 0.227 e. The molecular weight excluding hydrogens is 288 g/mol. The molecule has 126 valence electrons. The molecule has 0 spiro atoms. The van der Waals surface area contributed by atoms with E-state index in [9.17, 15) is 9.90 Å². The molecule has 3 rings (SSSR count). The molecule has 0 unspecified atom stereocenters. The number of aliphatic hydroxyl groups is 1. The molecule has 4 nitrogen and oxygen atoms in total. The number of benzene rings is 1. The van der Waals surface area contributed by atoms with Crippen molar-refractivity contribution in [1.29, 1.82) is 0 Å². The lowest BCUT2D eigenvalue weighted by Gasteiger charge is -2.31. The first kappa shape index (κ1) is 16.5. The Balaban J connectivity index is 1.61. The van der Waals surface area contributed by atoms with Gasteiger partial charge in [0.1, 0.15) is 0 Å². The smallest absolute Gasteiger partial charge is 0.227 e. The van der Waals surface area contributed by atoms with E-state index >= 15 is 0 Å². The maximum absolute atomic E-state index is 12.4. The summed E-state index contributed by atoms with van der Waals surface area (Å²) in [6, 6.07) is 8.03. The fourth-order valence-electron chi connectivity index (χ4n) is 3.84. The minimum atomic E-state index is -0.799. The number of carbonyl (C=O) groups is 1. The van der Waals surface area contributed by atoms with Crippen LogP contribution in [-0.2, 0) is 11.3 Å². The molecule has 2 N–H and O–H groups in total. The molecule has 1 aliphatic carbocycles. The SMILES string of the molecule is O=C(CC1(O)CCCCC1)Nc1ccccc1CN1CCCC1. The molecule has 1 saturated carbocycles. The van der Waals surface area contributed by atoms with Crippen molar-refractivity contribution in [2.45, 2.75) is 63.5 Å². The van der Waals surface area contributed by atoms with E-state index in [1.165, 1.54) is 24.8 Å². The molecule has 1 aromatic carbocycles. The van der Waals surface area contributed by atoms with E-state index in [0.717, 1.165) is 51.0 Å². The van der Waals surface area contributed by atoms with Gasteiger partial charge >= 0.3 is 0 Å². The van der Waals surface area contributed by atoms with Crippen LogP contribution in [0.1, 0.15) is 56.9 Å². The third-order valence-corrected chi connectivity index (χ3v) is 5.16. The van der Waals surface area contributed by atoms with Crippen molar-refractivity contribution in [3.63, 3.8) is 0 Å².